The second-order valence-electron chi connectivity index (χ2n) is 5.87. The van der Waals surface area contributed by atoms with Crippen molar-refractivity contribution in [3.8, 4) is 0 Å². The van der Waals surface area contributed by atoms with Gasteiger partial charge in [-0.1, -0.05) is 0 Å². The third-order valence-electron chi connectivity index (χ3n) is 4.04. The molecule has 3 rings (SSSR count). The van der Waals surface area contributed by atoms with Crippen molar-refractivity contribution in [3.63, 3.8) is 0 Å². The first-order chi connectivity index (χ1) is 11.3. The molecule has 0 bridgehead atoms. The number of nitrogens with one attached hydrogen (secondary N) is 2. The Bertz CT molecular complexity index is 800. The van der Waals surface area contributed by atoms with Crippen LogP contribution in [0.5, 0.6) is 0 Å². The Kier molecular flexibility index (Phi) is 4.93. The first-order valence-electron chi connectivity index (χ1n) is 7.44. The second-order valence-corrected chi connectivity index (χ2v) is 10.4. The molecule has 0 radical (unpaired) electrons. The third kappa shape index (κ3) is 3.94. The molecular formula is C12H18N4O5S3. The van der Waals surface area contributed by atoms with Gasteiger partial charge in [-0.15, -0.1) is 11.3 Å². The third-order valence-corrected chi connectivity index (χ3v) is 8.01. The Morgan fingerprint density at radius 2 is 1.92 bits per heavy atom. The predicted octanol–water partition coefficient (Wildman–Crippen LogP) is -1.03. The van der Waals surface area contributed by atoms with Crippen LogP contribution in [0, 0.1) is 0 Å². The van der Waals surface area contributed by atoms with Crippen molar-refractivity contribution in [3.05, 3.63) is 16.6 Å². The van der Waals surface area contributed by atoms with Crippen LogP contribution in [0.1, 0.15) is 23.3 Å². The highest BCUT2D eigenvalue weighted by Gasteiger charge is 2.42. The van der Waals surface area contributed by atoms with Crippen LogP contribution >= 0.6 is 11.3 Å². The van der Waals surface area contributed by atoms with Crippen LogP contribution in [-0.4, -0.2) is 68.7 Å². The van der Waals surface area contributed by atoms with Gasteiger partial charge in [-0.2, -0.15) is 17.4 Å². The fourth-order valence-electron chi connectivity index (χ4n) is 2.87. The summed E-state index contributed by atoms with van der Waals surface area (Å²) in [4.78, 5) is 16.0. The number of sulfone groups is 1. The maximum atomic E-state index is 12.4. The molecule has 2 aliphatic heterocycles. The van der Waals surface area contributed by atoms with Crippen LogP contribution in [0.15, 0.2) is 10.9 Å². The molecule has 0 saturated carbocycles. The van der Waals surface area contributed by atoms with Gasteiger partial charge in [0.05, 0.1) is 29.1 Å². The van der Waals surface area contributed by atoms with Gasteiger partial charge in [0.1, 0.15) is 5.69 Å². The number of hydrogen-bond donors (Lipinski definition) is 2. The number of rotatable bonds is 5. The summed E-state index contributed by atoms with van der Waals surface area (Å²) in [6, 6.07) is -1.70. The van der Waals surface area contributed by atoms with Crippen molar-refractivity contribution in [1.29, 1.82) is 0 Å². The second kappa shape index (κ2) is 6.67. The fourth-order valence-corrected chi connectivity index (χ4v) is 6.88. The molecule has 134 valence electrons. The monoisotopic (exact) mass is 394 g/mol. The molecule has 12 heteroatoms. The van der Waals surface area contributed by atoms with E-state index in [1.165, 1.54) is 21.2 Å². The molecule has 1 aromatic rings. The van der Waals surface area contributed by atoms with Crippen LogP contribution in [0.3, 0.4) is 0 Å². The minimum absolute atomic E-state index is 0.186. The average molecular weight is 395 g/mol. The number of hydrogen-bond acceptors (Lipinski definition) is 7. The number of nitrogens with zero attached hydrogens (tertiary/aromatic N) is 2. The lowest BCUT2D eigenvalue weighted by molar-refractivity contribution is 0.0932. The van der Waals surface area contributed by atoms with Crippen LogP contribution in [0.4, 0.5) is 0 Å². The lowest BCUT2D eigenvalue weighted by atomic mass is 10.2. The highest BCUT2D eigenvalue weighted by Crippen LogP contribution is 2.18. The number of thiazole rings is 1. The van der Waals surface area contributed by atoms with Gasteiger partial charge in [-0.05, 0) is 12.8 Å². The van der Waals surface area contributed by atoms with Crippen molar-refractivity contribution in [2.24, 2.45) is 0 Å². The molecule has 1 amide bonds. The normalized spacial score (nSPS) is 27.3. The summed E-state index contributed by atoms with van der Waals surface area (Å²) in [5, 5.41) is 4.12. The van der Waals surface area contributed by atoms with E-state index in [9.17, 15) is 21.6 Å². The van der Waals surface area contributed by atoms with Crippen molar-refractivity contribution < 1.29 is 21.6 Å². The molecule has 0 aromatic carbocycles. The van der Waals surface area contributed by atoms with Crippen molar-refractivity contribution in [2.75, 3.05) is 24.6 Å². The maximum Gasteiger partial charge on any atom is 0.279 e. The van der Waals surface area contributed by atoms with E-state index in [0.717, 1.165) is 12.8 Å². The van der Waals surface area contributed by atoms with Crippen molar-refractivity contribution in [2.45, 2.75) is 24.9 Å². The highest BCUT2D eigenvalue weighted by molar-refractivity contribution is 7.92. The number of carbonyl (C=O) groups is 1. The van der Waals surface area contributed by atoms with Crippen LogP contribution in [0.25, 0.3) is 0 Å². The molecule has 0 spiro atoms. The molecule has 2 atom stereocenters. The molecule has 9 nitrogen and oxygen atoms in total. The Hall–Kier alpha value is -1.08. The van der Waals surface area contributed by atoms with Gasteiger partial charge in [0.25, 0.3) is 16.1 Å². The number of carbonyl (C=O) groups excluding carboxylic acids is 1. The summed E-state index contributed by atoms with van der Waals surface area (Å²) in [6.45, 7) is 0.843. The zero-order valence-electron chi connectivity index (χ0n) is 12.7. The summed E-state index contributed by atoms with van der Waals surface area (Å²) in [5.41, 5.74) is 1.68. The molecule has 0 unspecified atom stereocenters. The largest absolute Gasteiger partial charge is 0.345 e. The molecule has 2 fully saturated rings. The van der Waals surface area contributed by atoms with E-state index in [1.54, 1.807) is 5.38 Å². The standard InChI is InChI=1S/C12H18N4O5S3/c17-12(9-5-22-8-13-9)14-10-6-23(18,19)7-11(10)15-24(20,21)16-3-1-2-4-16/h5,8,10-11,15H,1-4,6-7H2,(H,14,17)/t10-,11-/m1/s1. The molecule has 0 aliphatic carbocycles. The Morgan fingerprint density at radius 3 is 2.54 bits per heavy atom. The van der Waals surface area contributed by atoms with Crippen LogP contribution in [0.2, 0.25) is 0 Å². The van der Waals surface area contributed by atoms with Gasteiger partial charge in [0.15, 0.2) is 9.84 Å². The van der Waals surface area contributed by atoms with E-state index in [-0.39, 0.29) is 17.2 Å². The summed E-state index contributed by atoms with van der Waals surface area (Å²) in [6.07, 6.45) is 1.57. The highest BCUT2D eigenvalue weighted by atomic mass is 32.2. The van der Waals surface area contributed by atoms with Gasteiger partial charge < -0.3 is 5.32 Å². The summed E-state index contributed by atoms with van der Waals surface area (Å²) in [5.74, 6) is -1.14. The lowest BCUT2D eigenvalue weighted by Gasteiger charge is -2.23. The lowest BCUT2D eigenvalue weighted by Crippen LogP contribution is -2.53. The maximum absolute atomic E-state index is 12.4. The number of aromatic nitrogens is 1. The average Bonchev–Trinajstić information content (AvgIpc) is 3.20. The minimum Gasteiger partial charge on any atom is -0.345 e. The number of amides is 1. The van der Waals surface area contributed by atoms with Gasteiger partial charge in [0, 0.05) is 18.5 Å². The molecule has 24 heavy (non-hydrogen) atoms. The molecular weight excluding hydrogens is 376 g/mol. The molecule has 1 aromatic heterocycles. The topological polar surface area (TPSA) is 126 Å². The van der Waals surface area contributed by atoms with Gasteiger partial charge >= 0.3 is 0 Å². The quantitative estimate of drug-likeness (QED) is 0.658. The van der Waals surface area contributed by atoms with E-state index in [4.69, 9.17) is 0 Å². The molecule has 3 heterocycles. The van der Waals surface area contributed by atoms with E-state index in [2.05, 4.69) is 15.0 Å². The Labute approximate surface area is 144 Å². The van der Waals surface area contributed by atoms with E-state index < -0.39 is 38.0 Å². The summed E-state index contributed by atoms with van der Waals surface area (Å²) < 4.78 is 52.3. The summed E-state index contributed by atoms with van der Waals surface area (Å²) in [7, 11) is -7.20. The minimum atomic E-state index is -3.76. The van der Waals surface area contributed by atoms with Gasteiger partial charge in [-0.25, -0.2) is 13.4 Å². The Morgan fingerprint density at radius 1 is 1.25 bits per heavy atom. The van der Waals surface area contributed by atoms with E-state index in [1.807, 2.05) is 0 Å². The predicted molar refractivity (Wildman–Crippen MR) is 88.7 cm³/mol. The summed E-state index contributed by atoms with van der Waals surface area (Å²) >= 11 is 1.24. The van der Waals surface area contributed by atoms with Crippen LogP contribution < -0.4 is 10.0 Å². The van der Waals surface area contributed by atoms with E-state index in [0.29, 0.717) is 13.1 Å². The SMILES string of the molecule is O=C(N[C@@H]1CS(=O)(=O)C[C@H]1NS(=O)(=O)N1CCCC1)c1cscn1. The van der Waals surface area contributed by atoms with Crippen molar-refractivity contribution >= 4 is 37.3 Å². The fraction of sp³-hybridized carbons (Fsp3) is 0.667. The van der Waals surface area contributed by atoms with Crippen LogP contribution in [-0.2, 0) is 20.0 Å². The smallest absolute Gasteiger partial charge is 0.279 e. The zero-order chi connectivity index (χ0) is 17.4. The molecule has 2 N–H and O–H groups in total. The molecule has 2 aliphatic rings. The van der Waals surface area contributed by atoms with E-state index >= 15 is 0 Å². The Balaban J connectivity index is 1.73. The first kappa shape index (κ1) is 17.7. The van der Waals surface area contributed by atoms with Crippen molar-refractivity contribution in [1.82, 2.24) is 19.3 Å². The van der Waals surface area contributed by atoms with Gasteiger partial charge in [0.2, 0.25) is 0 Å². The first-order valence-corrected chi connectivity index (χ1v) is 11.6. The van der Waals surface area contributed by atoms with Gasteiger partial charge in [-0.3, -0.25) is 4.79 Å². The molecule has 2 saturated heterocycles. The zero-order valence-corrected chi connectivity index (χ0v) is 15.2.